The molecule has 26 heavy (non-hydrogen) atoms. The van der Waals surface area contributed by atoms with Gasteiger partial charge in [-0.3, -0.25) is 19.7 Å². The molecule has 0 radical (unpaired) electrons. The molecule has 0 aromatic carbocycles. The van der Waals surface area contributed by atoms with Crippen molar-refractivity contribution in [3.8, 4) is 0 Å². The minimum Gasteiger partial charge on any atom is -0.335 e. The molecule has 2 atom stereocenters. The third kappa shape index (κ3) is 3.37. The molecular weight excluding hydrogens is 328 g/mol. The molecule has 3 heterocycles. The zero-order valence-electron chi connectivity index (χ0n) is 14.7. The average molecular weight is 350 g/mol. The van der Waals surface area contributed by atoms with Gasteiger partial charge in [0.1, 0.15) is 6.17 Å². The Morgan fingerprint density at radius 1 is 1.35 bits per heavy atom. The number of fused-ring (bicyclic) bond motifs is 1. The molecule has 2 aliphatic rings. The van der Waals surface area contributed by atoms with Gasteiger partial charge in [-0.25, -0.2) is 9.98 Å². The van der Waals surface area contributed by atoms with E-state index in [4.69, 9.17) is 0 Å². The lowest BCUT2D eigenvalue weighted by Gasteiger charge is -2.36. The van der Waals surface area contributed by atoms with Crippen LogP contribution in [-0.2, 0) is 6.54 Å². The summed E-state index contributed by atoms with van der Waals surface area (Å²) in [4.78, 5) is 26.0. The van der Waals surface area contributed by atoms with Crippen LogP contribution in [0.4, 0.5) is 5.95 Å². The van der Waals surface area contributed by atoms with Gasteiger partial charge in [0, 0.05) is 23.9 Å². The molecule has 4 rings (SSSR count). The molecule has 0 saturated carbocycles. The van der Waals surface area contributed by atoms with E-state index in [9.17, 15) is 4.79 Å². The molecular formula is C19H22N6O. The molecule has 1 aliphatic heterocycles. The fourth-order valence-electron chi connectivity index (χ4n) is 3.48. The van der Waals surface area contributed by atoms with Gasteiger partial charge in [-0.15, -0.1) is 0 Å². The molecule has 0 bridgehead atoms. The number of aryl methyl sites for hydroxylation is 1. The number of pyridine rings is 1. The second-order valence-corrected chi connectivity index (χ2v) is 6.67. The minimum atomic E-state index is -0.153. The minimum absolute atomic E-state index is 0.0455. The van der Waals surface area contributed by atoms with Crippen molar-refractivity contribution in [2.45, 2.75) is 38.9 Å². The van der Waals surface area contributed by atoms with Gasteiger partial charge in [0.2, 0.25) is 5.95 Å². The van der Waals surface area contributed by atoms with E-state index in [1.165, 1.54) is 0 Å². The van der Waals surface area contributed by atoms with E-state index in [0.717, 1.165) is 25.0 Å². The quantitative estimate of drug-likeness (QED) is 0.830. The van der Waals surface area contributed by atoms with Crippen molar-refractivity contribution >= 4 is 11.9 Å². The topological polar surface area (TPSA) is 84.2 Å². The van der Waals surface area contributed by atoms with Crippen LogP contribution in [-0.4, -0.2) is 20.5 Å². The standard InChI is InChI=1S/C19H22N6O/c1-13-11-16(26)25-17(14-7-3-2-4-8-14)23-18(24-19(25)22-13)21-12-15-9-5-6-10-20-15/h2-3,5-6,9-11,14,17H,4,7-8,12H2,1H3,(H2,21,22,23,24)/t14-,17-/m0/s1. The van der Waals surface area contributed by atoms with E-state index >= 15 is 0 Å². The fraction of sp³-hybridized carbons (Fsp3) is 0.368. The Labute approximate surface area is 151 Å². The average Bonchev–Trinajstić information content (AvgIpc) is 2.67. The number of aliphatic imine (C=N–C) groups is 1. The molecule has 134 valence electrons. The first-order chi connectivity index (χ1) is 12.7. The number of hydrogen-bond acceptors (Lipinski definition) is 4. The summed E-state index contributed by atoms with van der Waals surface area (Å²) in [6.07, 6.45) is 8.99. The first kappa shape index (κ1) is 16.5. The zero-order valence-corrected chi connectivity index (χ0v) is 14.7. The molecule has 7 nitrogen and oxygen atoms in total. The smallest absolute Gasteiger partial charge is 0.256 e. The van der Waals surface area contributed by atoms with Crippen molar-refractivity contribution in [3.63, 3.8) is 0 Å². The summed E-state index contributed by atoms with van der Waals surface area (Å²) in [5, 5.41) is 6.57. The van der Waals surface area contributed by atoms with Gasteiger partial charge < -0.3 is 5.32 Å². The normalized spacial score (nSPS) is 23.2. The summed E-state index contributed by atoms with van der Waals surface area (Å²) < 4.78 is 1.72. The highest BCUT2D eigenvalue weighted by molar-refractivity contribution is 5.93. The molecule has 2 N–H and O–H groups in total. The number of nitrogens with zero attached hydrogens (tertiary/aromatic N) is 4. The lowest BCUT2D eigenvalue weighted by atomic mass is 9.91. The first-order valence-electron chi connectivity index (χ1n) is 8.94. The van der Waals surface area contributed by atoms with Crippen LogP contribution < -0.4 is 16.2 Å². The monoisotopic (exact) mass is 350 g/mol. The van der Waals surface area contributed by atoms with E-state index in [1.54, 1.807) is 16.8 Å². The zero-order chi connectivity index (χ0) is 17.9. The fourth-order valence-corrected chi connectivity index (χ4v) is 3.48. The van der Waals surface area contributed by atoms with Crippen molar-refractivity contribution in [3.05, 3.63) is 64.4 Å². The summed E-state index contributed by atoms with van der Waals surface area (Å²) in [5.41, 5.74) is 1.54. The SMILES string of the molecule is Cc1cc(=O)n2c(n1)NC(=NCc1ccccn1)N[C@@H]2[C@H]1CC=CCC1. The first-order valence-corrected chi connectivity index (χ1v) is 8.94. The van der Waals surface area contributed by atoms with Crippen LogP contribution in [0.25, 0.3) is 0 Å². The lowest BCUT2D eigenvalue weighted by Crippen LogP contribution is -2.50. The van der Waals surface area contributed by atoms with Crippen molar-refractivity contribution in [2.75, 3.05) is 5.32 Å². The van der Waals surface area contributed by atoms with Crippen LogP contribution in [0.15, 0.2) is 52.4 Å². The highest BCUT2D eigenvalue weighted by atomic mass is 16.1. The van der Waals surface area contributed by atoms with E-state index < -0.39 is 0 Å². The number of guanidine groups is 1. The van der Waals surface area contributed by atoms with Gasteiger partial charge >= 0.3 is 0 Å². The van der Waals surface area contributed by atoms with E-state index in [-0.39, 0.29) is 11.7 Å². The van der Waals surface area contributed by atoms with E-state index in [2.05, 4.69) is 37.7 Å². The van der Waals surface area contributed by atoms with Crippen molar-refractivity contribution in [1.82, 2.24) is 19.9 Å². The van der Waals surface area contributed by atoms with E-state index in [0.29, 0.717) is 30.1 Å². The summed E-state index contributed by atoms with van der Waals surface area (Å²) in [5.74, 6) is 1.50. The highest BCUT2D eigenvalue weighted by Crippen LogP contribution is 2.30. The maximum absolute atomic E-state index is 12.6. The van der Waals surface area contributed by atoms with Gasteiger partial charge in [0.15, 0.2) is 5.96 Å². The van der Waals surface area contributed by atoms with Crippen LogP contribution in [0.5, 0.6) is 0 Å². The van der Waals surface area contributed by atoms with Gasteiger partial charge in [-0.05, 0) is 38.3 Å². The van der Waals surface area contributed by atoms with Crippen LogP contribution in [0.3, 0.4) is 0 Å². The lowest BCUT2D eigenvalue weighted by molar-refractivity contribution is 0.276. The van der Waals surface area contributed by atoms with Crippen LogP contribution in [0.1, 0.15) is 36.8 Å². The molecule has 0 saturated heterocycles. The molecule has 0 spiro atoms. The van der Waals surface area contributed by atoms with Crippen molar-refractivity contribution < 1.29 is 0 Å². The maximum Gasteiger partial charge on any atom is 0.256 e. The maximum atomic E-state index is 12.6. The van der Waals surface area contributed by atoms with Gasteiger partial charge in [0.05, 0.1) is 12.2 Å². The van der Waals surface area contributed by atoms with Crippen LogP contribution in [0, 0.1) is 12.8 Å². The summed E-state index contributed by atoms with van der Waals surface area (Å²) in [7, 11) is 0. The molecule has 2 aromatic heterocycles. The van der Waals surface area contributed by atoms with Crippen LogP contribution >= 0.6 is 0 Å². The van der Waals surface area contributed by atoms with E-state index in [1.807, 2.05) is 25.1 Å². The molecule has 0 fully saturated rings. The highest BCUT2D eigenvalue weighted by Gasteiger charge is 2.31. The van der Waals surface area contributed by atoms with Crippen molar-refractivity contribution in [2.24, 2.45) is 10.9 Å². The number of anilines is 1. The van der Waals surface area contributed by atoms with Gasteiger partial charge in [-0.1, -0.05) is 18.2 Å². The number of aromatic nitrogens is 3. The summed E-state index contributed by atoms with van der Waals surface area (Å²) in [6, 6.07) is 7.35. The Morgan fingerprint density at radius 2 is 2.27 bits per heavy atom. The second kappa shape index (κ2) is 7.11. The molecule has 1 aliphatic carbocycles. The third-order valence-corrected chi connectivity index (χ3v) is 4.75. The molecule has 2 aromatic rings. The summed E-state index contributed by atoms with van der Waals surface area (Å²) in [6.45, 7) is 2.29. The Hall–Kier alpha value is -2.96. The predicted octanol–water partition coefficient (Wildman–Crippen LogP) is 2.37. The molecule has 0 amide bonds. The Morgan fingerprint density at radius 3 is 3.04 bits per heavy atom. The number of hydrogen-bond donors (Lipinski definition) is 2. The Balaban J connectivity index is 1.67. The molecule has 0 unspecified atom stereocenters. The number of rotatable bonds is 3. The third-order valence-electron chi connectivity index (χ3n) is 4.75. The van der Waals surface area contributed by atoms with Gasteiger partial charge in [-0.2, -0.15) is 0 Å². The summed E-state index contributed by atoms with van der Waals surface area (Å²) >= 11 is 0. The molecule has 7 heteroatoms. The van der Waals surface area contributed by atoms with Gasteiger partial charge in [0.25, 0.3) is 5.56 Å². The largest absolute Gasteiger partial charge is 0.335 e. The number of nitrogens with one attached hydrogen (secondary N) is 2. The number of allylic oxidation sites excluding steroid dienone is 2. The Kier molecular flexibility index (Phi) is 4.51. The second-order valence-electron chi connectivity index (χ2n) is 6.67. The Bertz CT molecular complexity index is 902. The predicted molar refractivity (Wildman–Crippen MR) is 101 cm³/mol. The van der Waals surface area contributed by atoms with Crippen LogP contribution in [0.2, 0.25) is 0 Å². The van der Waals surface area contributed by atoms with Crippen molar-refractivity contribution in [1.29, 1.82) is 0 Å².